The van der Waals surface area contributed by atoms with E-state index in [-0.39, 0.29) is 6.92 Å². The summed E-state index contributed by atoms with van der Waals surface area (Å²) in [6.07, 6.45) is -2.83. The van der Waals surface area contributed by atoms with Gasteiger partial charge in [0.05, 0.1) is 0 Å². The standard InChI is InChI=1S/C4H4F6O6S2/c1-2(15-17(11,12)3(5,6)7)16-18(13,14)4(8,9)10/h2H,1H3. The number of hydrogen-bond donors (Lipinski definition) is 0. The molecule has 6 nitrogen and oxygen atoms in total. The van der Waals surface area contributed by atoms with Gasteiger partial charge in [-0.1, -0.05) is 0 Å². The molecule has 0 N–H and O–H groups in total. The summed E-state index contributed by atoms with van der Waals surface area (Å²) in [6.45, 7) is 0.229. The zero-order valence-corrected chi connectivity index (χ0v) is 9.74. The molecule has 0 saturated carbocycles. The van der Waals surface area contributed by atoms with Gasteiger partial charge in [0.2, 0.25) is 0 Å². The van der Waals surface area contributed by atoms with E-state index >= 15 is 0 Å². The van der Waals surface area contributed by atoms with Gasteiger partial charge in [0.25, 0.3) is 0 Å². The lowest BCUT2D eigenvalue weighted by Gasteiger charge is -2.15. The molecule has 0 aromatic heterocycles. The predicted octanol–water partition coefficient (Wildman–Crippen LogP) is 1.06. The van der Waals surface area contributed by atoms with E-state index in [4.69, 9.17) is 0 Å². The lowest BCUT2D eigenvalue weighted by Crippen LogP contribution is -2.34. The van der Waals surface area contributed by atoms with Crippen LogP contribution in [0.1, 0.15) is 6.92 Å². The van der Waals surface area contributed by atoms with Crippen molar-refractivity contribution in [1.82, 2.24) is 0 Å². The maximum atomic E-state index is 11.7. The molecule has 0 saturated heterocycles. The first-order valence-corrected chi connectivity index (χ1v) is 6.41. The van der Waals surface area contributed by atoms with Crippen LogP contribution in [-0.4, -0.2) is 34.1 Å². The molecule has 110 valence electrons. The Bertz CT molecular complexity index is 439. The van der Waals surface area contributed by atoms with Crippen molar-refractivity contribution in [2.75, 3.05) is 0 Å². The van der Waals surface area contributed by atoms with Crippen LogP contribution in [0.5, 0.6) is 0 Å². The lowest BCUT2D eigenvalue weighted by atomic mass is 10.8. The molecular weight excluding hydrogens is 322 g/mol. The van der Waals surface area contributed by atoms with Crippen LogP contribution in [0.2, 0.25) is 0 Å². The quantitative estimate of drug-likeness (QED) is 0.332. The Morgan fingerprint density at radius 2 is 1.00 bits per heavy atom. The van der Waals surface area contributed by atoms with E-state index in [0.29, 0.717) is 0 Å². The SMILES string of the molecule is CC(OS(=O)(=O)C(F)(F)F)OS(=O)(=O)C(F)(F)F. The highest BCUT2D eigenvalue weighted by molar-refractivity contribution is 7.88. The Labute approximate surface area is 96.7 Å². The first-order valence-electron chi connectivity index (χ1n) is 3.59. The van der Waals surface area contributed by atoms with Crippen molar-refractivity contribution in [3.05, 3.63) is 0 Å². The lowest BCUT2D eigenvalue weighted by molar-refractivity contribution is -0.0822. The summed E-state index contributed by atoms with van der Waals surface area (Å²) < 4.78 is 118. The average Bonchev–Trinajstić information content (AvgIpc) is 1.95. The van der Waals surface area contributed by atoms with E-state index in [2.05, 4.69) is 8.37 Å². The zero-order chi connectivity index (χ0) is 15.0. The van der Waals surface area contributed by atoms with Crippen molar-refractivity contribution in [2.45, 2.75) is 24.2 Å². The second-order valence-electron chi connectivity index (χ2n) is 2.56. The van der Waals surface area contributed by atoms with E-state index < -0.39 is 37.5 Å². The number of hydrogen-bond acceptors (Lipinski definition) is 6. The molecule has 0 aliphatic rings. The molecule has 0 amide bonds. The minimum atomic E-state index is -6.27. The van der Waals surface area contributed by atoms with Gasteiger partial charge in [0.1, 0.15) is 0 Å². The monoisotopic (exact) mass is 326 g/mol. The van der Waals surface area contributed by atoms with Crippen molar-refractivity contribution >= 4 is 20.2 Å². The third-order valence-corrected chi connectivity index (χ3v) is 3.27. The van der Waals surface area contributed by atoms with E-state index in [0.717, 1.165) is 0 Å². The molecular formula is C4H4F6O6S2. The summed E-state index contributed by atoms with van der Waals surface area (Å²) in [5, 5.41) is 0. The normalized spacial score (nSPS) is 15.1. The Kier molecular flexibility index (Phi) is 4.66. The summed E-state index contributed by atoms with van der Waals surface area (Å²) in [6, 6.07) is 0. The van der Waals surface area contributed by atoms with Crippen molar-refractivity contribution in [3.8, 4) is 0 Å². The third-order valence-electron chi connectivity index (χ3n) is 1.09. The Hall–Kier alpha value is -0.600. The largest absolute Gasteiger partial charge is 0.523 e. The van der Waals surface area contributed by atoms with Crippen LogP contribution in [0, 0.1) is 0 Å². The molecule has 14 heteroatoms. The predicted molar refractivity (Wildman–Crippen MR) is 41.6 cm³/mol. The molecule has 0 spiro atoms. The topological polar surface area (TPSA) is 86.7 Å². The zero-order valence-electron chi connectivity index (χ0n) is 8.11. The van der Waals surface area contributed by atoms with Crippen LogP contribution in [0.3, 0.4) is 0 Å². The molecule has 0 unspecified atom stereocenters. The molecule has 0 aromatic rings. The Morgan fingerprint density at radius 3 is 1.17 bits per heavy atom. The minimum Gasteiger partial charge on any atom is -0.230 e. The van der Waals surface area contributed by atoms with Crippen molar-refractivity contribution < 1.29 is 51.5 Å². The second kappa shape index (κ2) is 4.82. The number of alkyl halides is 6. The average molecular weight is 326 g/mol. The summed E-state index contributed by atoms with van der Waals surface area (Å²) in [4.78, 5) is 0. The van der Waals surface area contributed by atoms with Crippen LogP contribution >= 0.6 is 0 Å². The first-order chi connectivity index (χ1) is 7.60. The van der Waals surface area contributed by atoms with Gasteiger partial charge in [-0.05, 0) is 6.92 Å². The fourth-order valence-corrected chi connectivity index (χ4v) is 1.54. The fraction of sp³-hybridized carbons (Fsp3) is 1.00. The van der Waals surface area contributed by atoms with Crippen LogP contribution in [0.15, 0.2) is 0 Å². The van der Waals surface area contributed by atoms with Gasteiger partial charge in [-0.25, -0.2) is 8.37 Å². The number of halogens is 6. The van der Waals surface area contributed by atoms with Gasteiger partial charge >= 0.3 is 31.3 Å². The van der Waals surface area contributed by atoms with Crippen LogP contribution in [0.4, 0.5) is 26.3 Å². The summed E-state index contributed by atoms with van der Waals surface area (Å²) >= 11 is 0. The maximum Gasteiger partial charge on any atom is 0.523 e. The molecule has 0 fully saturated rings. The molecule has 0 aromatic carbocycles. The van der Waals surface area contributed by atoms with Crippen molar-refractivity contribution in [1.29, 1.82) is 0 Å². The molecule has 0 aliphatic heterocycles. The number of rotatable bonds is 4. The highest BCUT2D eigenvalue weighted by Gasteiger charge is 2.52. The van der Waals surface area contributed by atoms with Gasteiger partial charge in [-0.2, -0.15) is 43.2 Å². The second-order valence-corrected chi connectivity index (χ2v) is 5.69. The van der Waals surface area contributed by atoms with E-state index in [1.165, 1.54) is 0 Å². The highest BCUT2D eigenvalue weighted by atomic mass is 32.2. The molecule has 18 heavy (non-hydrogen) atoms. The van der Waals surface area contributed by atoms with Crippen molar-refractivity contribution in [3.63, 3.8) is 0 Å². The first kappa shape index (κ1) is 17.4. The van der Waals surface area contributed by atoms with Crippen LogP contribution in [0.25, 0.3) is 0 Å². The molecule has 0 bridgehead atoms. The van der Waals surface area contributed by atoms with E-state index in [1.807, 2.05) is 0 Å². The summed E-state index contributed by atoms with van der Waals surface area (Å²) in [5.74, 6) is 0. The van der Waals surface area contributed by atoms with Gasteiger partial charge in [-0.15, -0.1) is 0 Å². The van der Waals surface area contributed by atoms with E-state index in [9.17, 15) is 43.2 Å². The highest BCUT2D eigenvalue weighted by Crippen LogP contribution is 2.29. The van der Waals surface area contributed by atoms with Crippen LogP contribution < -0.4 is 0 Å². The van der Waals surface area contributed by atoms with E-state index in [1.54, 1.807) is 0 Å². The maximum absolute atomic E-state index is 11.7. The summed E-state index contributed by atoms with van der Waals surface area (Å²) in [5.41, 5.74) is -11.8. The molecule has 0 heterocycles. The fourth-order valence-electron chi connectivity index (χ4n) is 0.482. The molecule has 0 radical (unpaired) electrons. The smallest absolute Gasteiger partial charge is 0.230 e. The van der Waals surface area contributed by atoms with Crippen LogP contribution in [-0.2, 0) is 28.6 Å². The summed E-state index contributed by atoms with van der Waals surface area (Å²) in [7, 11) is -12.5. The molecule has 0 atom stereocenters. The molecule has 0 aliphatic carbocycles. The van der Waals surface area contributed by atoms with Gasteiger partial charge in [0.15, 0.2) is 6.29 Å². The Balaban J connectivity index is 4.92. The van der Waals surface area contributed by atoms with Gasteiger partial charge in [0, 0.05) is 0 Å². The van der Waals surface area contributed by atoms with Gasteiger partial charge < -0.3 is 0 Å². The Morgan fingerprint density at radius 1 is 0.778 bits per heavy atom. The third kappa shape index (κ3) is 4.25. The minimum absolute atomic E-state index is 0.229. The van der Waals surface area contributed by atoms with Crippen molar-refractivity contribution in [2.24, 2.45) is 0 Å². The van der Waals surface area contributed by atoms with Gasteiger partial charge in [-0.3, -0.25) is 0 Å². The molecule has 0 rings (SSSR count).